The van der Waals surface area contributed by atoms with E-state index < -0.39 is 0 Å². The molecule has 0 amide bonds. The molecule has 0 fully saturated rings. The molecule has 0 aliphatic rings. The van der Waals surface area contributed by atoms with E-state index >= 15 is 0 Å². The molecule has 0 aliphatic carbocycles. The molecule has 1 aromatic rings. The van der Waals surface area contributed by atoms with Crippen LogP contribution in [0.5, 0.6) is 0 Å². The largest absolute Gasteiger partial charge is 0.359 e. The highest BCUT2D eigenvalue weighted by molar-refractivity contribution is 6.29. The lowest BCUT2D eigenvalue weighted by atomic mass is 11.0. The number of aromatic nitrogens is 2. The molecule has 4 heteroatoms. The normalized spacial score (nSPS) is 9.25. The third-order valence-corrected chi connectivity index (χ3v) is 0.974. The zero-order valence-electron chi connectivity index (χ0n) is 4.40. The summed E-state index contributed by atoms with van der Waals surface area (Å²) in [6.45, 7) is 0. The number of imidazole rings is 1. The van der Waals surface area contributed by atoms with Crippen molar-refractivity contribution in [1.29, 1.82) is 0 Å². The van der Waals surface area contributed by atoms with Crippen LogP contribution >= 0.6 is 11.6 Å². The minimum atomic E-state index is 0.550. The van der Waals surface area contributed by atoms with Crippen molar-refractivity contribution in [1.82, 2.24) is 9.97 Å². The Morgan fingerprint density at radius 1 is 1.88 bits per heavy atom. The SMILES string of the molecule is CNc1ncc(Cl)[nH]1. The van der Waals surface area contributed by atoms with Gasteiger partial charge >= 0.3 is 0 Å². The fourth-order valence-corrected chi connectivity index (χ4v) is 0.564. The quantitative estimate of drug-likeness (QED) is 0.600. The first-order valence-electron chi connectivity index (χ1n) is 2.21. The van der Waals surface area contributed by atoms with Gasteiger partial charge < -0.3 is 10.3 Å². The minimum absolute atomic E-state index is 0.550. The van der Waals surface area contributed by atoms with Crippen LogP contribution in [-0.2, 0) is 0 Å². The van der Waals surface area contributed by atoms with Crippen molar-refractivity contribution >= 4 is 17.5 Å². The second kappa shape index (κ2) is 2.05. The van der Waals surface area contributed by atoms with Gasteiger partial charge in [-0.25, -0.2) is 4.98 Å². The molecular formula is C4H6ClN3. The van der Waals surface area contributed by atoms with Crippen LogP contribution < -0.4 is 5.32 Å². The van der Waals surface area contributed by atoms with Crippen molar-refractivity contribution < 1.29 is 0 Å². The van der Waals surface area contributed by atoms with E-state index in [1.165, 1.54) is 0 Å². The molecule has 0 aliphatic heterocycles. The second-order valence-electron chi connectivity index (χ2n) is 1.33. The lowest BCUT2D eigenvalue weighted by Crippen LogP contribution is -1.88. The Morgan fingerprint density at radius 2 is 2.62 bits per heavy atom. The zero-order chi connectivity index (χ0) is 5.98. The average molecular weight is 132 g/mol. The zero-order valence-corrected chi connectivity index (χ0v) is 5.16. The summed E-state index contributed by atoms with van der Waals surface area (Å²) in [5.41, 5.74) is 0. The van der Waals surface area contributed by atoms with Gasteiger partial charge in [0.05, 0.1) is 6.20 Å². The summed E-state index contributed by atoms with van der Waals surface area (Å²) in [6, 6.07) is 0. The minimum Gasteiger partial charge on any atom is -0.359 e. The fraction of sp³-hybridized carbons (Fsp3) is 0.250. The molecule has 1 aromatic heterocycles. The maximum absolute atomic E-state index is 5.48. The maximum Gasteiger partial charge on any atom is 0.200 e. The number of H-pyrrole nitrogens is 1. The predicted octanol–water partition coefficient (Wildman–Crippen LogP) is 1.10. The van der Waals surface area contributed by atoms with Crippen LogP contribution in [0.4, 0.5) is 5.95 Å². The van der Waals surface area contributed by atoms with E-state index in [0.717, 1.165) is 0 Å². The molecule has 0 saturated carbocycles. The van der Waals surface area contributed by atoms with E-state index in [-0.39, 0.29) is 0 Å². The standard InChI is InChI=1S/C4H6ClN3/c1-6-4-7-2-3(5)8-4/h2H,1H3,(H2,6,7,8). The number of hydrogen-bond acceptors (Lipinski definition) is 2. The maximum atomic E-state index is 5.48. The van der Waals surface area contributed by atoms with Crippen molar-refractivity contribution in [2.24, 2.45) is 0 Å². The van der Waals surface area contributed by atoms with Crippen LogP contribution in [0.3, 0.4) is 0 Å². The van der Waals surface area contributed by atoms with E-state index in [2.05, 4.69) is 15.3 Å². The molecule has 44 valence electrons. The van der Waals surface area contributed by atoms with Crippen molar-refractivity contribution in [2.45, 2.75) is 0 Å². The number of aromatic amines is 1. The van der Waals surface area contributed by atoms with Crippen molar-refractivity contribution in [2.75, 3.05) is 12.4 Å². The third kappa shape index (κ3) is 0.924. The number of halogens is 1. The highest BCUT2D eigenvalue weighted by atomic mass is 35.5. The molecule has 0 bridgehead atoms. The van der Waals surface area contributed by atoms with E-state index in [0.29, 0.717) is 11.1 Å². The summed E-state index contributed by atoms with van der Waals surface area (Å²) in [6.07, 6.45) is 1.55. The van der Waals surface area contributed by atoms with Gasteiger partial charge in [-0.2, -0.15) is 0 Å². The lowest BCUT2D eigenvalue weighted by molar-refractivity contribution is 1.26. The van der Waals surface area contributed by atoms with Crippen LogP contribution in [-0.4, -0.2) is 17.0 Å². The lowest BCUT2D eigenvalue weighted by Gasteiger charge is -1.86. The van der Waals surface area contributed by atoms with Gasteiger partial charge in [-0.15, -0.1) is 0 Å². The van der Waals surface area contributed by atoms with Crippen molar-refractivity contribution in [3.63, 3.8) is 0 Å². The average Bonchev–Trinajstić information content (AvgIpc) is 2.14. The van der Waals surface area contributed by atoms with Gasteiger partial charge in [0.2, 0.25) is 5.95 Å². The molecule has 8 heavy (non-hydrogen) atoms. The fourth-order valence-electron chi connectivity index (χ4n) is 0.426. The summed E-state index contributed by atoms with van der Waals surface area (Å²) in [5.74, 6) is 0.690. The van der Waals surface area contributed by atoms with Crippen LogP contribution in [0.1, 0.15) is 0 Å². The van der Waals surface area contributed by atoms with Crippen LogP contribution in [0.25, 0.3) is 0 Å². The van der Waals surface area contributed by atoms with E-state index in [4.69, 9.17) is 11.6 Å². The molecule has 0 saturated heterocycles. The topological polar surface area (TPSA) is 40.7 Å². The second-order valence-corrected chi connectivity index (χ2v) is 1.74. The third-order valence-electron chi connectivity index (χ3n) is 0.782. The summed E-state index contributed by atoms with van der Waals surface area (Å²) < 4.78 is 0. The van der Waals surface area contributed by atoms with E-state index in [1.54, 1.807) is 13.2 Å². The Bertz CT molecular complexity index is 172. The molecule has 0 aromatic carbocycles. The van der Waals surface area contributed by atoms with Crippen LogP contribution in [0.2, 0.25) is 5.15 Å². The Labute approximate surface area is 52.1 Å². The predicted molar refractivity (Wildman–Crippen MR) is 33.1 cm³/mol. The summed E-state index contributed by atoms with van der Waals surface area (Å²) in [5, 5.41) is 3.35. The molecule has 3 nitrogen and oxygen atoms in total. The molecule has 1 rings (SSSR count). The van der Waals surface area contributed by atoms with Gasteiger partial charge in [0.15, 0.2) is 0 Å². The molecular weight excluding hydrogens is 126 g/mol. The Balaban J connectivity index is 2.84. The molecule has 0 unspecified atom stereocenters. The number of hydrogen-bond donors (Lipinski definition) is 2. The van der Waals surface area contributed by atoms with E-state index in [1.807, 2.05) is 0 Å². The first-order chi connectivity index (χ1) is 3.83. The molecule has 2 N–H and O–H groups in total. The van der Waals surface area contributed by atoms with Gasteiger partial charge in [0.1, 0.15) is 5.15 Å². The smallest absolute Gasteiger partial charge is 0.200 e. The Hall–Kier alpha value is -0.700. The van der Waals surface area contributed by atoms with Gasteiger partial charge in [-0.1, -0.05) is 11.6 Å². The van der Waals surface area contributed by atoms with E-state index in [9.17, 15) is 0 Å². The number of anilines is 1. The molecule has 0 atom stereocenters. The molecule has 1 heterocycles. The van der Waals surface area contributed by atoms with Gasteiger partial charge in [0, 0.05) is 7.05 Å². The Morgan fingerprint density at radius 3 is 2.88 bits per heavy atom. The summed E-state index contributed by atoms with van der Waals surface area (Å²) in [7, 11) is 1.77. The van der Waals surface area contributed by atoms with Crippen LogP contribution in [0.15, 0.2) is 6.20 Å². The molecule has 0 radical (unpaired) electrons. The van der Waals surface area contributed by atoms with Crippen molar-refractivity contribution in [3.05, 3.63) is 11.3 Å². The first kappa shape index (κ1) is 5.44. The van der Waals surface area contributed by atoms with Crippen LogP contribution in [0, 0.1) is 0 Å². The van der Waals surface area contributed by atoms with Crippen molar-refractivity contribution in [3.8, 4) is 0 Å². The molecule has 0 spiro atoms. The summed E-state index contributed by atoms with van der Waals surface area (Å²) >= 11 is 5.48. The summed E-state index contributed by atoms with van der Waals surface area (Å²) in [4.78, 5) is 6.60. The number of rotatable bonds is 1. The number of nitrogens with one attached hydrogen (secondary N) is 2. The highest BCUT2D eigenvalue weighted by Crippen LogP contribution is 2.05. The van der Waals surface area contributed by atoms with Gasteiger partial charge in [-0.3, -0.25) is 0 Å². The first-order valence-corrected chi connectivity index (χ1v) is 2.59. The van der Waals surface area contributed by atoms with Gasteiger partial charge in [-0.05, 0) is 0 Å². The number of nitrogens with zero attached hydrogens (tertiary/aromatic N) is 1. The highest BCUT2D eigenvalue weighted by Gasteiger charge is 1.90. The Kier molecular flexibility index (Phi) is 1.39. The van der Waals surface area contributed by atoms with Gasteiger partial charge in [0.25, 0.3) is 0 Å². The monoisotopic (exact) mass is 131 g/mol.